The van der Waals surface area contributed by atoms with E-state index >= 15 is 0 Å². The van der Waals surface area contributed by atoms with Gasteiger partial charge in [-0.25, -0.2) is 0 Å². The summed E-state index contributed by atoms with van der Waals surface area (Å²) in [6.45, 7) is 6.25. The van der Waals surface area contributed by atoms with Crippen LogP contribution in [-0.2, 0) is 5.60 Å². The van der Waals surface area contributed by atoms with E-state index in [-0.39, 0.29) is 5.92 Å². The highest BCUT2D eigenvalue weighted by molar-refractivity contribution is 5.80. The first-order chi connectivity index (χ1) is 10.7. The van der Waals surface area contributed by atoms with E-state index in [1.54, 1.807) is 0 Å². The van der Waals surface area contributed by atoms with Gasteiger partial charge < -0.3 is 5.11 Å². The van der Waals surface area contributed by atoms with Crippen LogP contribution in [0.3, 0.4) is 0 Å². The average molecular weight is 293 g/mol. The maximum absolute atomic E-state index is 11.8. The molecule has 0 spiro atoms. The van der Waals surface area contributed by atoms with Crippen molar-refractivity contribution < 1.29 is 5.11 Å². The molecule has 1 nitrogen and oxygen atoms in total. The minimum absolute atomic E-state index is 0.231. The molecule has 1 heteroatoms. The molecule has 2 aromatic rings. The van der Waals surface area contributed by atoms with Gasteiger partial charge in [0.2, 0.25) is 0 Å². The largest absolute Gasteiger partial charge is 0.380 e. The molecule has 1 aliphatic rings. The topological polar surface area (TPSA) is 20.2 Å². The van der Waals surface area contributed by atoms with Crippen molar-refractivity contribution in [2.24, 2.45) is 5.92 Å². The number of unbranched alkanes of at least 4 members (excludes halogenated alkanes) is 1. The predicted octanol–water partition coefficient (Wildman–Crippen LogP) is 5.32. The summed E-state index contributed by atoms with van der Waals surface area (Å²) in [5, 5.41) is 11.8. The zero-order chi connectivity index (χ0) is 15.6. The number of benzene rings is 2. The lowest BCUT2D eigenvalue weighted by molar-refractivity contribution is 0.0116. The van der Waals surface area contributed by atoms with Crippen molar-refractivity contribution in [3.63, 3.8) is 0 Å². The van der Waals surface area contributed by atoms with E-state index in [0.29, 0.717) is 0 Å². The molecule has 0 aromatic heterocycles. The Hall–Kier alpha value is -1.60. The first-order valence-corrected chi connectivity index (χ1v) is 8.44. The zero-order valence-corrected chi connectivity index (χ0v) is 13.4. The zero-order valence-electron chi connectivity index (χ0n) is 13.4. The van der Waals surface area contributed by atoms with E-state index in [1.165, 1.54) is 11.1 Å². The van der Waals surface area contributed by atoms with Gasteiger partial charge >= 0.3 is 0 Å². The SMILES string of the molecule is [CH2]CCC(CCCC)C1(O)c2ccccc2-c2ccccc21. The lowest BCUT2D eigenvalue weighted by Gasteiger charge is -2.35. The van der Waals surface area contributed by atoms with Crippen molar-refractivity contribution in [2.45, 2.75) is 44.6 Å². The van der Waals surface area contributed by atoms with E-state index in [2.05, 4.69) is 50.2 Å². The lowest BCUT2D eigenvalue weighted by Crippen LogP contribution is -2.34. The van der Waals surface area contributed by atoms with E-state index < -0.39 is 5.60 Å². The number of hydrogen-bond donors (Lipinski definition) is 1. The molecule has 0 amide bonds. The molecule has 3 rings (SSSR count). The van der Waals surface area contributed by atoms with Gasteiger partial charge in [0.25, 0.3) is 0 Å². The standard InChI is InChI=1S/C21H25O/c1-3-5-11-16(10-4-2)21(22)19-14-8-6-12-17(19)18-13-7-9-15-20(18)21/h6-9,12-16,22H,2-5,10-11H2,1H3. The monoisotopic (exact) mass is 293 g/mol. The van der Waals surface area contributed by atoms with Gasteiger partial charge in [-0.15, -0.1) is 0 Å². The van der Waals surface area contributed by atoms with Crippen molar-refractivity contribution in [3.8, 4) is 11.1 Å². The Balaban J connectivity index is 2.14. The molecule has 1 atom stereocenters. The average Bonchev–Trinajstić information content (AvgIpc) is 2.83. The summed E-state index contributed by atoms with van der Waals surface area (Å²) < 4.78 is 0. The minimum atomic E-state index is -0.861. The molecule has 1 aliphatic carbocycles. The van der Waals surface area contributed by atoms with Gasteiger partial charge in [0, 0.05) is 0 Å². The molecule has 0 bridgehead atoms. The van der Waals surface area contributed by atoms with Crippen molar-refractivity contribution in [1.29, 1.82) is 0 Å². The third-order valence-electron chi connectivity index (χ3n) is 5.02. The highest BCUT2D eigenvalue weighted by Gasteiger charge is 2.46. The Morgan fingerprint density at radius 2 is 1.50 bits per heavy atom. The van der Waals surface area contributed by atoms with Crippen LogP contribution >= 0.6 is 0 Å². The van der Waals surface area contributed by atoms with Gasteiger partial charge in [0.15, 0.2) is 0 Å². The summed E-state index contributed by atoms with van der Waals surface area (Å²) in [5.41, 5.74) is 3.66. The van der Waals surface area contributed by atoms with Gasteiger partial charge in [-0.3, -0.25) is 0 Å². The summed E-state index contributed by atoms with van der Waals surface area (Å²) in [7, 11) is 0. The van der Waals surface area contributed by atoms with Crippen LogP contribution in [0, 0.1) is 12.8 Å². The van der Waals surface area contributed by atoms with Crippen LogP contribution in [0.2, 0.25) is 0 Å². The fourth-order valence-corrected chi connectivity index (χ4v) is 3.94. The minimum Gasteiger partial charge on any atom is -0.380 e. The lowest BCUT2D eigenvalue weighted by atomic mass is 9.75. The van der Waals surface area contributed by atoms with Crippen LogP contribution < -0.4 is 0 Å². The summed E-state index contributed by atoms with van der Waals surface area (Å²) in [4.78, 5) is 0. The summed E-state index contributed by atoms with van der Waals surface area (Å²) in [6.07, 6.45) is 5.18. The Morgan fingerprint density at radius 3 is 2.00 bits per heavy atom. The maximum atomic E-state index is 11.8. The third-order valence-corrected chi connectivity index (χ3v) is 5.02. The Kier molecular flexibility index (Phi) is 4.35. The number of hydrogen-bond acceptors (Lipinski definition) is 1. The van der Waals surface area contributed by atoms with Crippen molar-refractivity contribution in [3.05, 3.63) is 66.6 Å². The van der Waals surface area contributed by atoms with Gasteiger partial charge in [0.05, 0.1) is 0 Å². The van der Waals surface area contributed by atoms with Crippen LogP contribution in [0.4, 0.5) is 0 Å². The molecule has 0 saturated heterocycles. The van der Waals surface area contributed by atoms with Gasteiger partial charge in [-0.05, 0) is 41.0 Å². The first kappa shape index (κ1) is 15.3. The fourth-order valence-electron chi connectivity index (χ4n) is 3.94. The number of fused-ring (bicyclic) bond motifs is 3. The highest BCUT2D eigenvalue weighted by atomic mass is 16.3. The molecule has 0 heterocycles. The van der Waals surface area contributed by atoms with Crippen LogP contribution in [0.25, 0.3) is 11.1 Å². The van der Waals surface area contributed by atoms with E-state index in [9.17, 15) is 5.11 Å². The number of aliphatic hydroxyl groups is 1. The molecular formula is C21H25O. The molecule has 1 unspecified atom stereocenters. The summed E-state index contributed by atoms with van der Waals surface area (Å²) >= 11 is 0. The highest BCUT2D eigenvalue weighted by Crippen LogP contribution is 2.52. The maximum Gasteiger partial charge on any atom is 0.119 e. The quantitative estimate of drug-likeness (QED) is 0.764. The van der Waals surface area contributed by atoms with Crippen LogP contribution in [0.5, 0.6) is 0 Å². The van der Waals surface area contributed by atoms with E-state index in [1.807, 2.05) is 12.1 Å². The van der Waals surface area contributed by atoms with Crippen molar-refractivity contribution in [1.82, 2.24) is 0 Å². The predicted molar refractivity (Wildman–Crippen MR) is 92.5 cm³/mol. The van der Waals surface area contributed by atoms with Gasteiger partial charge in [-0.2, -0.15) is 0 Å². The number of rotatable bonds is 6. The second-order valence-corrected chi connectivity index (χ2v) is 6.34. The second kappa shape index (κ2) is 6.26. The first-order valence-electron chi connectivity index (χ1n) is 8.44. The molecule has 0 saturated carbocycles. The smallest absolute Gasteiger partial charge is 0.119 e. The summed E-state index contributed by atoms with van der Waals surface area (Å²) in [6, 6.07) is 16.6. The molecule has 1 radical (unpaired) electrons. The third kappa shape index (κ3) is 2.28. The Labute approximate surface area is 134 Å². The van der Waals surface area contributed by atoms with Crippen molar-refractivity contribution >= 4 is 0 Å². The van der Waals surface area contributed by atoms with Crippen molar-refractivity contribution in [2.75, 3.05) is 0 Å². The molecular weight excluding hydrogens is 268 g/mol. The molecule has 0 fully saturated rings. The summed E-state index contributed by atoms with van der Waals surface area (Å²) in [5.74, 6) is 0.231. The van der Waals surface area contributed by atoms with Crippen LogP contribution in [-0.4, -0.2) is 5.11 Å². The van der Waals surface area contributed by atoms with Crippen LogP contribution in [0.1, 0.15) is 50.2 Å². The van der Waals surface area contributed by atoms with Crippen LogP contribution in [0.15, 0.2) is 48.5 Å². The van der Waals surface area contributed by atoms with Gasteiger partial charge in [0.1, 0.15) is 5.60 Å². The Bertz CT molecular complexity index is 598. The Morgan fingerprint density at radius 1 is 0.955 bits per heavy atom. The molecule has 22 heavy (non-hydrogen) atoms. The van der Waals surface area contributed by atoms with Gasteiger partial charge in [-0.1, -0.05) is 81.6 Å². The van der Waals surface area contributed by atoms with E-state index in [4.69, 9.17) is 0 Å². The molecule has 2 aromatic carbocycles. The molecule has 1 N–H and O–H groups in total. The fraction of sp³-hybridized carbons (Fsp3) is 0.381. The molecule has 0 aliphatic heterocycles. The van der Waals surface area contributed by atoms with E-state index in [0.717, 1.165) is 43.2 Å². The second-order valence-electron chi connectivity index (χ2n) is 6.34. The normalized spacial score (nSPS) is 16.1. The molecule has 115 valence electrons.